The number of anilines is 1. The van der Waals surface area contributed by atoms with Crippen LogP contribution in [0.5, 0.6) is 0 Å². The number of hydrogen-bond acceptors (Lipinski definition) is 3. The Kier molecular flexibility index (Phi) is 3.22. The van der Waals surface area contributed by atoms with Crippen molar-refractivity contribution < 1.29 is 4.79 Å². The van der Waals surface area contributed by atoms with Crippen LogP contribution in [0.3, 0.4) is 0 Å². The van der Waals surface area contributed by atoms with E-state index in [-0.39, 0.29) is 5.78 Å². The highest BCUT2D eigenvalue weighted by atomic mass is 16.1. The average Bonchev–Trinajstić information content (AvgIpc) is 2.77. The van der Waals surface area contributed by atoms with Gasteiger partial charge in [-0.25, -0.2) is 0 Å². The molecule has 0 spiro atoms. The number of aromatic nitrogens is 1. The maximum Gasteiger partial charge on any atom is 0.178 e. The molecular weight excluding hydrogens is 200 g/mol. The zero-order valence-electron chi connectivity index (χ0n) is 9.94. The maximum absolute atomic E-state index is 11.1. The molecule has 0 N–H and O–H groups in total. The normalized spacial score (nSPS) is 20.1. The quantitative estimate of drug-likeness (QED) is 0.731. The molecule has 86 valence electrons. The molecule has 2 heterocycles. The van der Waals surface area contributed by atoms with Crippen molar-refractivity contribution >= 4 is 11.5 Å². The summed E-state index contributed by atoms with van der Waals surface area (Å²) in [5.41, 5.74) is 1.70. The van der Waals surface area contributed by atoms with E-state index in [0.717, 1.165) is 12.2 Å². The molecule has 0 radical (unpaired) electrons. The summed E-state index contributed by atoms with van der Waals surface area (Å²) in [7, 11) is 0. The Balaban J connectivity index is 2.18. The van der Waals surface area contributed by atoms with Gasteiger partial charge >= 0.3 is 0 Å². The first-order valence-electron chi connectivity index (χ1n) is 5.96. The van der Waals surface area contributed by atoms with E-state index < -0.39 is 0 Å². The van der Waals surface area contributed by atoms with Gasteiger partial charge in [-0.1, -0.05) is 6.92 Å². The largest absolute Gasteiger partial charge is 0.367 e. The van der Waals surface area contributed by atoms with Crippen molar-refractivity contribution in [2.45, 2.75) is 39.2 Å². The molecule has 1 aromatic rings. The molecule has 0 aromatic carbocycles. The van der Waals surface area contributed by atoms with Gasteiger partial charge in [0.1, 0.15) is 5.69 Å². The van der Waals surface area contributed by atoms with Crippen LogP contribution in [0, 0.1) is 0 Å². The molecule has 0 aliphatic carbocycles. The summed E-state index contributed by atoms with van der Waals surface area (Å²) in [4.78, 5) is 17.7. The summed E-state index contributed by atoms with van der Waals surface area (Å²) >= 11 is 0. The van der Waals surface area contributed by atoms with Crippen molar-refractivity contribution in [3.8, 4) is 0 Å². The van der Waals surface area contributed by atoms with Gasteiger partial charge in [0.2, 0.25) is 0 Å². The van der Waals surface area contributed by atoms with E-state index in [0.29, 0.717) is 11.7 Å². The molecule has 1 aliphatic rings. The lowest BCUT2D eigenvalue weighted by Gasteiger charge is -2.25. The molecule has 1 fully saturated rings. The summed E-state index contributed by atoms with van der Waals surface area (Å²) in [6.45, 7) is 4.88. The van der Waals surface area contributed by atoms with Gasteiger partial charge in [-0.05, 0) is 31.4 Å². The Morgan fingerprint density at radius 2 is 2.38 bits per heavy atom. The average molecular weight is 218 g/mol. The standard InChI is InChI=1S/C13H18N2O/c1-3-11-5-4-8-15(11)12-6-7-13(10(2)16)14-9-12/h6-7,9,11H,3-5,8H2,1-2H3. The molecule has 1 atom stereocenters. The van der Waals surface area contributed by atoms with E-state index in [4.69, 9.17) is 0 Å². The number of hydrogen-bond donors (Lipinski definition) is 0. The first-order valence-corrected chi connectivity index (χ1v) is 5.96. The molecule has 0 bridgehead atoms. The molecule has 1 unspecified atom stereocenters. The fourth-order valence-electron chi connectivity index (χ4n) is 2.36. The lowest BCUT2D eigenvalue weighted by Crippen LogP contribution is -2.28. The minimum atomic E-state index is 0.0278. The third-order valence-corrected chi connectivity index (χ3v) is 3.29. The highest BCUT2D eigenvalue weighted by molar-refractivity contribution is 5.92. The fourth-order valence-corrected chi connectivity index (χ4v) is 2.36. The van der Waals surface area contributed by atoms with Crippen LogP contribution >= 0.6 is 0 Å². The maximum atomic E-state index is 11.1. The fraction of sp³-hybridized carbons (Fsp3) is 0.538. The molecule has 2 rings (SSSR count). The van der Waals surface area contributed by atoms with Gasteiger partial charge in [-0.2, -0.15) is 0 Å². The van der Waals surface area contributed by atoms with E-state index in [1.54, 1.807) is 6.92 Å². The van der Waals surface area contributed by atoms with Gasteiger partial charge in [0.25, 0.3) is 0 Å². The predicted octanol–water partition coefficient (Wildman–Crippen LogP) is 2.66. The van der Waals surface area contributed by atoms with Gasteiger partial charge in [-0.3, -0.25) is 9.78 Å². The first-order chi connectivity index (χ1) is 7.72. The van der Waals surface area contributed by atoms with E-state index in [9.17, 15) is 4.79 Å². The zero-order chi connectivity index (χ0) is 11.5. The third-order valence-electron chi connectivity index (χ3n) is 3.29. The molecule has 3 nitrogen and oxygen atoms in total. The van der Waals surface area contributed by atoms with Gasteiger partial charge in [0.15, 0.2) is 5.78 Å². The van der Waals surface area contributed by atoms with Crippen LogP contribution in [0.4, 0.5) is 5.69 Å². The molecule has 3 heteroatoms. The van der Waals surface area contributed by atoms with Crippen molar-refractivity contribution in [3.63, 3.8) is 0 Å². The number of rotatable bonds is 3. The van der Waals surface area contributed by atoms with Crippen molar-refractivity contribution in [2.75, 3.05) is 11.4 Å². The van der Waals surface area contributed by atoms with E-state index in [1.165, 1.54) is 19.3 Å². The molecule has 1 aliphatic heterocycles. The van der Waals surface area contributed by atoms with Gasteiger partial charge < -0.3 is 4.90 Å². The summed E-state index contributed by atoms with van der Waals surface area (Å²) < 4.78 is 0. The summed E-state index contributed by atoms with van der Waals surface area (Å²) in [6, 6.07) is 4.48. The van der Waals surface area contributed by atoms with Crippen LogP contribution in [0.25, 0.3) is 0 Å². The molecule has 16 heavy (non-hydrogen) atoms. The lowest BCUT2D eigenvalue weighted by molar-refractivity contribution is 0.101. The predicted molar refractivity (Wildman–Crippen MR) is 64.9 cm³/mol. The summed E-state index contributed by atoms with van der Waals surface area (Å²) in [5.74, 6) is 0.0278. The van der Waals surface area contributed by atoms with Gasteiger partial charge in [-0.15, -0.1) is 0 Å². The lowest BCUT2D eigenvalue weighted by atomic mass is 10.1. The van der Waals surface area contributed by atoms with Gasteiger partial charge in [0.05, 0.1) is 11.9 Å². The minimum absolute atomic E-state index is 0.0278. The van der Waals surface area contributed by atoms with Crippen molar-refractivity contribution in [3.05, 3.63) is 24.0 Å². The van der Waals surface area contributed by atoms with Gasteiger partial charge in [0, 0.05) is 19.5 Å². The van der Waals surface area contributed by atoms with Crippen LogP contribution in [-0.2, 0) is 0 Å². The van der Waals surface area contributed by atoms with Crippen LogP contribution in [0.15, 0.2) is 18.3 Å². The zero-order valence-corrected chi connectivity index (χ0v) is 9.94. The number of carbonyl (C=O) groups is 1. The minimum Gasteiger partial charge on any atom is -0.367 e. The smallest absolute Gasteiger partial charge is 0.178 e. The van der Waals surface area contributed by atoms with E-state index in [2.05, 4.69) is 16.8 Å². The highest BCUT2D eigenvalue weighted by Gasteiger charge is 2.23. The second kappa shape index (κ2) is 4.64. The Hall–Kier alpha value is -1.38. The van der Waals surface area contributed by atoms with Crippen LogP contribution in [0.2, 0.25) is 0 Å². The molecule has 1 saturated heterocycles. The van der Waals surface area contributed by atoms with Crippen LogP contribution in [-0.4, -0.2) is 23.4 Å². The molecule has 1 aromatic heterocycles. The topological polar surface area (TPSA) is 33.2 Å². The third kappa shape index (κ3) is 2.08. The number of Topliss-reactive ketones (excluding diaryl/α,β-unsaturated/α-hetero) is 1. The number of ketones is 1. The second-order valence-corrected chi connectivity index (χ2v) is 4.36. The second-order valence-electron chi connectivity index (χ2n) is 4.36. The van der Waals surface area contributed by atoms with Crippen LogP contribution in [0.1, 0.15) is 43.6 Å². The SMILES string of the molecule is CCC1CCCN1c1ccc(C(C)=O)nc1. The molecule has 0 amide bonds. The van der Waals surface area contributed by atoms with Crippen molar-refractivity contribution in [1.29, 1.82) is 0 Å². The van der Waals surface area contributed by atoms with Crippen molar-refractivity contribution in [1.82, 2.24) is 4.98 Å². The van der Waals surface area contributed by atoms with Crippen molar-refractivity contribution in [2.24, 2.45) is 0 Å². The Bertz CT molecular complexity index is 372. The van der Waals surface area contributed by atoms with E-state index in [1.807, 2.05) is 18.3 Å². The monoisotopic (exact) mass is 218 g/mol. The number of pyridine rings is 1. The first kappa shape index (κ1) is 11.1. The Morgan fingerprint density at radius 3 is 2.94 bits per heavy atom. The molecular formula is C13H18N2O. The summed E-state index contributed by atoms with van der Waals surface area (Å²) in [6.07, 6.45) is 5.52. The Morgan fingerprint density at radius 1 is 1.56 bits per heavy atom. The van der Waals surface area contributed by atoms with Crippen LogP contribution < -0.4 is 4.90 Å². The highest BCUT2D eigenvalue weighted by Crippen LogP contribution is 2.26. The number of carbonyl (C=O) groups excluding carboxylic acids is 1. The van der Waals surface area contributed by atoms with E-state index >= 15 is 0 Å². The number of nitrogens with zero attached hydrogens (tertiary/aromatic N) is 2. The summed E-state index contributed by atoms with van der Waals surface area (Å²) in [5, 5.41) is 0. The molecule has 0 saturated carbocycles. The Labute approximate surface area is 96.5 Å².